The van der Waals surface area contributed by atoms with Crippen molar-refractivity contribution in [2.45, 2.75) is 6.42 Å². The second-order valence-corrected chi connectivity index (χ2v) is 6.47. The van der Waals surface area contributed by atoms with Crippen LogP contribution in [0.5, 0.6) is 0 Å². The number of nitrogens with zero attached hydrogens (tertiary/aromatic N) is 3. The number of hydrogen-bond donors (Lipinski definition) is 1. The van der Waals surface area contributed by atoms with Crippen molar-refractivity contribution in [3.8, 4) is 16.6 Å². The van der Waals surface area contributed by atoms with Gasteiger partial charge in [0, 0.05) is 29.9 Å². The molecule has 7 heteroatoms. The first-order valence-electron chi connectivity index (χ1n) is 6.83. The Morgan fingerprint density at radius 3 is 3.05 bits per heavy atom. The average molecular weight is 333 g/mol. The molecule has 2 aromatic rings. The predicted molar refractivity (Wildman–Crippen MR) is 86.5 cm³/mol. The minimum Gasteiger partial charge on any atom is -0.310 e. The molecular formula is C15H13ClN4OS. The third-order valence-electron chi connectivity index (χ3n) is 3.58. The van der Waals surface area contributed by atoms with Crippen LogP contribution in [0.2, 0.25) is 5.02 Å². The van der Waals surface area contributed by atoms with Gasteiger partial charge in [-0.15, -0.1) is 0 Å². The lowest BCUT2D eigenvalue weighted by Crippen LogP contribution is -2.25. The molecule has 0 spiro atoms. The number of benzene rings is 1. The standard InChI is InChI=1S/C15H13ClN4OS/c16-12-4-2-1-3-11(12)13-7-18-15(22-13)19-14(21)10-5-6-20(8-10)9-17/h1-4,7,10H,5-6,8H2,(H,18,19,21). The van der Waals surface area contributed by atoms with E-state index in [2.05, 4.69) is 16.5 Å². The molecule has 0 aliphatic carbocycles. The number of likely N-dealkylation sites (tertiary alicyclic amines) is 1. The zero-order chi connectivity index (χ0) is 15.5. The van der Waals surface area contributed by atoms with Gasteiger partial charge in [-0.1, -0.05) is 41.1 Å². The van der Waals surface area contributed by atoms with Crippen molar-refractivity contribution < 1.29 is 4.79 Å². The van der Waals surface area contributed by atoms with E-state index in [1.807, 2.05) is 24.3 Å². The monoisotopic (exact) mass is 332 g/mol. The Kier molecular flexibility index (Phi) is 4.27. The van der Waals surface area contributed by atoms with E-state index >= 15 is 0 Å². The summed E-state index contributed by atoms with van der Waals surface area (Å²) in [6.07, 6.45) is 4.47. The minimum atomic E-state index is -0.160. The van der Waals surface area contributed by atoms with Gasteiger partial charge >= 0.3 is 0 Å². The van der Waals surface area contributed by atoms with Gasteiger partial charge in [0.25, 0.3) is 0 Å². The Bertz CT molecular complexity index is 739. The summed E-state index contributed by atoms with van der Waals surface area (Å²) in [6.45, 7) is 1.11. The van der Waals surface area contributed by atoms with Crippen LogP contribution in [-0.2, 0) is 4.79 Å². The van der Waals surface area contributed by atoms with E-state index in [0.29, 0.717) is 29.7 Å². The van der Waals surface area contributed by atoms with Crippen LogP contribution in [0.15, 0.2) is 30.5 Å². The summed E-state index contributed by atoms with van der Waals surface area (Å²) in [5, 5.41) is 12.9. The smallest absolute Gasteiger partial charge is 0.231 e. The summed E-state index contributed by atoms with van der Waals surface area (Å²) >= 11 is 7.55. The van der Waals surface area contributed by atoms with Crippen LogP contribution in [0.1, 0.15) is 6.42 Å². The largest absolute Gasteiger partial charge is 0.310 e. The fourth-order valence-electron chi connectivity index (χ4n) is 2.39. The summed E-state index contributed by atoms with van der Waals surface area (Å²) in [4.78, 5) is 18.9. The lowest BCUT2D eigenvalue weighted by Gasteiger charge is -2.08. The molecule has 0 radical (unpaired) electrons. The highest BCUT2D eigenvalue weighted by atomic mass is 35.5. The van der Waals surface area contributed by atoms with E-state index in [0.717, 1.165) is 10.4 Å². The summed E-state index contributed by atoms with van der Waals surface area (Å²) < 4.78 is 0. The highest BCUT2D eigenvalue weighted by Gasteiger charge is 2.28. The Labute approximate surface area is 137 Å². The molecule has 22 heavy (non-hydrogen) atoms. The fraction of sp³-hybridized carbons (Fsp3) is 0.267. The second kappa shape index (κ2) is 6.34. The number of anilines is 1. The first kappa shape index (κ1) is 14.8. The molecular weight excluding hydrogens is 320 g/mol. The van der Waals surface area contributed by atoms with Gasteiger partial charge in [0.05, 0.1) is 10.8 Å². The summed E-state index contributed by atoms with van der Waals surface area (Å²) in [5.74, 6) is -0.245. The van der Waals surface area contributed by atoms with Gasteiger partial charge in [0.2, 0.25) is 5.91 Å². The van der Waals surface area contributed by atoms with E-state index in [1.165, 1.54) is 11.3 Å². The number of thiazole rings is 1. The molecule has 1 aromatic heterocycles. The van der Waals surface area contributed by atoms with Gasteiger partial charge in [-0.3, -0.25) is 4.79 Å². The minimum absolute atomic E-state index is 0.0854. The maximum Gasteiger partial charge on any atom is 0.231 e. The summed E-state index contributed by atoms with van der Waals surface area (Å²) in [6, 6.07) is 7.53. The molecule has 1 saturated heterocycles. The van der Waals surface area contributed by atoms with Gasteiger partial charge < -0.3 is 10.2 Å². The highest BCUT2D eigenvalue weighted by Crippen LogP contribution is 2.34. The fourth-order valence-corrected chi connectivity index (χ4v) is 3.54. The van der Waals surface area contributed by atoms with Crippen molar-refractivity contribution in [1.82, 2.24) is 9.88 Å². The molecule has 1 aliphatic heterocycles. The first-order chi connectivity index (χ1) is 10.7. The lowest BCUT2D eigenvalue weighted by atomic mass is 10.1. The van der Waals surface area contributed by atoms with Crippen LogP contribution in [0.4, 0.5) is 5.13 Å². The average Bonchev–Trinajstić information content (AvgIpc) is 3.16. The molecule has 0 saturated carbocycles. The molecule has 1 atom stereocenters. The van der Waals surface area contributed by atoms with Crippen molar-refractivity contribution in [2.24, 2.45) is 5.92 Å². The zero-order valence-corrected chi connectivity index (χ0v) is 13.2. The van der Waals surface area contributed by atoms with E-state index in [9.17, 15) is 4.79 Å². The van der Waals surface area contributed by atoms with Crippen molar-refractivity contribution in [3.05, 3.63) is 35.5 Å². The number of halogens is 1. The molecule has 112 valence electrons. The summed E-state index contributed by atoms with van der Waals surface area (Å²) in [7, 11) is 0. The normalized spacial score (nSPS) is 17.3. The summed E-state index contributed by atoms with van der Waals surface area (Å²) in [5.41, 5.74) is 0.902. The third-order valence-corrected chi connectivity index (χ3v) is 4.85. The number of hydrogen-bond acceptors (Lipinski definition) is 5. The highest BCUT2D eigenvalue weighted by molar-refractivity contribution is 7.19. The molecule has 1 N–H and O–H groups in total. The zero-order valence-electron chi connectivity index (χ0n) is 11.6. The molecule has 1 amide bonds. The Hall–Kier alpha value is -2.10. The third kappa shape index (κ3) is 3.06. The number of amides is 1. The van der Waals surface area contributed by atoms with Crippen LogP contribution >= 0.6 is 22.9 Å². The number of nitrogens with one attached hydrogen (secondary N) is 1. The molecule has 5 nitrogen and oxygen atoms in total. The second-order valence-electron chi connectivity index (χ2n) is 5.03. The first-order valence-corrected chi connectivity index (χ1v) is 8.03. The van der Waals surface area contributed by atoms with E-state index < -0.39 is 0 Å². The maximum atomic E-state index is 12.2. The lowest BCUT2D eigenvalue weighted by molar-refractivity contribution is -0.119. The van der Waals surface area contributed by atoms with Crippen molar-refractivity contribution in [2.75, 3.05) is 18.4 Å². The van der Waals surface area contributed by atoms with Crippen LogP contribution in [0.3, 0.4) is 0 Å². The molecule has 1 aromatic carbocycles. The molecule has 1 fully saturated rings. The van der Waals surface area contributed by atoms with E-state index in [-0.39, 0.29) is 11.8 Å². The van der Waals surface area contributed by atoms with Crippen LogP contribution in [0, 0.1) is 17.4 Å². The quantitative estimate of drug-likeness (QED) is 0.876. The molecule has 2 heterocycles. The van der Waals surface area contributed by atoms with Crippen LogP contribution in [0.25, 0.3) is 10.4 Å². The van der Waals surface area contributed by atoms with Crippen molar-refractivity contribution in [3.63, 3.8) is 0 Å². The van der Waals surface area contributed by atoms with Gasteiger partial charge in [0.1, 0.15) is 0 Å². The number of rotatable bonds is 3. The number of carbonyl (C=O) groups is 1. The topological polar surface area (TPSA) is 69.0 Å². The van der Waals surface area contributed by atoms with Crippen LogP contribution in [-0.4, -0.2) is 28.9 Å². The number of nitriles is 1. The molecule has 1 unspecified atom stereocenters. The maximum absolute atomic E-state index is 12.2. The molecule has 3 rings (SSSR count). The van der Waals surface area contributed by atoms with Crippen molar-refractivity contribution >= 4 is 34.0 Å². The predicted octanol–water partition coefficient (Wildman–Crippen LogP) is 3.20. The SMILES string of the molecule is N#CN1CCC(C(=O)Nc2ncc(-c3ccccc3Cl)s2)C1. The van der Waals surface area contributed by atoms with Crippen molar-refractivity contribution in [1.29, 1.82) is 5.26 Å². The Morgan fingerprint density at radius 1 is 1.50 bits per heavy atom. The number of aromatic nitrogens is 1. The van der Waals surface area contributed by atoms with E-state index in [1.54, 1.807) is 11.1 Å². The number of carbonyl (C=O) groups excluding carboxylic acids is 1. The Balaban J connectivity index is 1.69. The Morgan fingerprint density at radius 2 is 2.32 bits per heavy atom. The van der Waals surface area contributed by atoms with Gasteiger partial charge in [-0.05, 0) is 12.5 Å². The van der Waals surface area contributed by atoms with Gasteiger partial charge in [-0.25, -0.2) is 4.98 Å². The van der Waals surface area contributed by atoms with Gasteiger partial charge in [0.15, 0.2) is 11.3 Å². The molecule has 0 bridgehead atoms. The van der Waals surface area contributed by atoms with Crippen LogP contribution < -0.4 is 5.32 Å². The van der Waals surface area contributed by atoms with Gasteiger partial charge in [-0.2, -0.15) is 5.26 Å². The molecule has 1 aliphatic rings. The van der Waals surface area contributed by atoms with E-state index in [4.69, 9.17) is 16.9 Å².